The van der Waals surface area contributed by atoms with E-state index >= 15 is 0 Å². The van der Waals surface area contributed by atoms with Crippen LogP contribution in [0.5, 0.6) is 0 Å². The number of anilines is 3. The van der Waals surface area contributed by atoms with Gasteiger partial charge in [-0.3, -0.25) is 0 Å². The molecule has 2 nitrogen and oxygen atoms in total. The van der Waals surface area contributed by atoms with Gasteiger partial charge in [0.2, 0.25) is 0 Å². The largest absolute Gasteiger partial charge is 0.456 e. The van der Waals surface area contributed by atoms with Crippen LogP contribution in [0.4, 0.5) is 17.1 Å². The third-order valence-corrected chi connectivity index (χ3v) is 9.78. The first-order chi connectivity index (χ1) is 23.8. The molecule has 0 amide bonds. The van der Waals surface area contributed by atoms with Gasteiger partial charge in [-0.05, 0) is 91.3 Å². The van der Waals surface area contributed by atoms with Crippen molar-refractivity contribution in [3.63, 3.8) is 0 Å². The molecular weight excluding hydrogens is 583 g/mol. The maximum Gasteiger partial charge on any atom is 0.136 e. The molecule has 0 fully saturated rings. The van der Waals surface area contributed by atoms with Crippen molar-refractivity contribution in [1.82, 2.24) is 0 Å². The van der Waals surface area contributed by atoms with E-state index < -0.39 is 0 Å². The summed E-state index contributed by atoms with van der Waals surface area (Å²) in [6.45, 7) is 0. The number of para-hydroxylation sites is 1. The Morgan fingerprint density at radius 2 is 0.979 bits per heavy atom. The molecule has 0 saturated carbocycles. The van der Waals surface area contributed by atoms with Crippen molar-refractivity contribution in [1.29, 1.82) is 0 Å². The second-order valence-electron chi connectivity index (χ2n) is 12.5. The zero-order valence-electron chi connectivity index (χ0n) is 26.1. The Morgan fingerprint density at radius 1 is 0.333 bits per heavy atom. The highest BCUT2D eigenvalue weighted by atomic mass is 16.3. The standard InChI is InChI=1S/C46H29NO/c1-2-11-30(12-3-1)33-15-10-16-35(27-33)47(36-24-21-32-23-26-44-46(41(32)29-36)40-19-8-9-20-43(40)48-44)42-28-34-14-5-7-18-38(34)45-37-17-6-4-13-31(37)22-25-39(42)45/h1-29H. The molecule has 0 radical (unpaired) electrons. The summed E-state index contributed by atoms with van der Waals surface area (Å²) in [6, 6.07) is 63.4. The number of rotatable bonds is 4. The number of furan rings is 1. The Hall–Kier alpha value is -6.38. The van der Waals surface area contributed by atoms with Crippen LogP contribution < -0.4 is 4.90 Å². The zero-order chi connectivity index (χ0) is 31.6. The maximum absolute atomic E-state index is 6.33. The number of fused-ring (bicyclic) bond motifs is 10. The van der Waals surface area contributed by atoms with Crippen LogP contribution in [0.25, 0.3) is 76.2 Å². The third kappa shape index (κ3) is 4.13. The molecule has 0 unspecified atom stereocenters. The van der Waals surface area contributed by atoms with Crippen LogP contribution in [0.3, 0.4) is 0 Å². The van der Waals surface area contributed by atoms with Gasteiger partial charge in [0.05, 0.1) is 5.69 Å². The van der Waals surface area contributed by atoms with Crippen molar-refractivity contribution >= 4 is 82.1 Å². The summed E-state index contributed by atoms with van der Waals surface area (Å²) >= 11 is 0. The molecule has 0 aliphatic carbocycles. The highest BCUT2D eigenvalue weighted by Gasteiger charge is 2.20. The average molecular weight is 612 g/mol. The molecule has 9 aromatic carbocycles. The van der Waals surface area contributed by atoms with E-state index in [4.69, 9.17) is 4.42 Å². The van der Waals surface area contributed by atoms with Crippen LogP contribution in [0.2, 0.25) is 0 Å². The average Bonchev–Trinajstić information content (AvgIpc) is 3.54. The SMILES string of the molecule is c1ccc(-c2cccc(N(c3ccc4ccc5oc6ccccc6c5c4c3)c3cc4ccccc4c4c3ccc3ccccc34)c2)cc1. The Balaban J connectivity index is 1.32. The molecule has 1 aromatic heterocycles. The van der Waals surface area contributed by atoms with Gasteiger partial charge in [-0.2, -0.15) is 0 Å². The minimum absolute atomic E-state index is 0.904. The van der Waals surface area contributed by atoms with Crippen molar-refractivity contribution in [2.75, 3.05) is 4.90 Å². The summed E-state index contributed by atoms with van der Waals surface area (Å²) in [6.07, 6.45) is 0. The molecule has 10 rings (SSSR count). The van der Waals surface area contributed by atoms with Crippen LogP contribution in [-0.2, 0) is 0 Å². The van der Waals surface area contributed by atoms with Gasteiger partial charge in [-0.1, -0.05) is 133 Å². The Kier molecular flexibility index (Phi) is 5.91. The molecule has 0 saturated heterocycles. The Labute approximate surface area is 277 Å². The third-order valence-electron chi connectivity index (χ3n) is 9.78. The van der Waals surface area contributed by atoms with Crippen molar-refractivity contribution in [3.05, 3.63) is 176 Å². The summed E-state index contributed by atoms with van der Waals surface area (Å²) in [7, 11) is 0. The van der Waals surface area contributed by atoms with Crippen LogP contribution in [0, 0.1) is 0 Å². The van der Waals surface area contributed by atoms with Crippen molar-refractivity contribution in [2.24, 2.45) is 0 Å². The number of nitrogens with zero attached hydrogens (tertiary/aromatic N) is 1. The van der Waals surface area contributed by atoms with Gasteiger partial charge in [-0.15, -0.1) is 0 Å². The van der Waals surface area contributed by atoms with Crippen LogP contribution >= 0.6 is 0 Å². The monoisotopic (exact) mass is 611 g/mol. The van der Waals surface area contributed by atoms with Crippen LogP contribution in [-0.4, -0.2) is 0 Å². The Morgan fingerprint density at radius 3 is 1.85 bits per heavy atom. The molecule has 1 heterocycles. The molecule has 0 bridgehead atoms. The van der Waals surface area contributed by atoms with Gasteiger partial charge >= 0.3 is 0 Å². The lowest BCUT2D eigenvalue weighted by Gasteiger charge is -2.28. The van der Waals surface area contributed by atoms with Crippen molar-refractivity contribution in [2.45, 2.75) is 0 Å². The summed E-state index contributed by atoms with van der Waals surface area (Å²) in [5, 5.41) is 12.1. The first-order valence-electron chi connectivity index (χ1n) is 16.4. The van der Waals surface area contributed by atoms with E-state index in [1.807, 2.05) is 6.07 Å². The molecule has 0 N–H and O–H groups in total. The number of hydrogen-bond acceptors (Lipinski definition) is 2. The molecule has 0 atom stereocenters. The first kappa shape index (κ1) is 26.8. The molecule has 48 heavy (non-hydrogen) atoms. The van der Waals surface area contributed by atoms with Crippen LogP contribution in [0.15, 0.2) is 180 Å². The van der Waals surface area contributed by atoms with E-state index in [9.17, 15) is 0 Å². The minimum atomic E-state index is 0.904. The quantitative estimate of drug-likeness (QED) is 0.184. The number of hydrogen-bond donors (Lipinski definition) is 0. The lowest BCUT2D eigenvalue weighted by atomic mass is 9.94. The summed E-state index contributed by atoms with van der Waals surface area (Å²) in [5.74, 6) is 0. The van der Waals surface area contributed by atoms with E-state index in [0.717, 1.165) is 39.0 Å². The van der Waals surface area contributed by atoms with Gasteiger partial charge in [0.1, 0.15) is 11.2 Å². The summed E-state index contributed by atoms with van der Waals surface area (Å²) in [4.78, 5) is 2.44. The topological polar surface area (TPSA) is 16.4 Å². The fraction of sp³-hybridized carbons (Fsp3) is 0. The molecular formula is C46H29NO. The smallest absolute Gasteiger partial charge is 0.136 e. The van der Waals surface area contributed by atoms with Gasteiger partial charge in [0, 0.05) is 27.5 Å². The Bertz CT molecular complexity index is 2830. The van der Waals surface area contributed by atoms with Gasteiger partial charge in [0.25, 0.3) is 0 Å². The molecule has 0 spiro atoms. The van der Waals surface area contributed by atoms with E-state index in [-0.39, 0.29) is 0 Å². The minimum Gasteiger partial charge on any atom is -0.456 e. The molecule has 0 aliphatic rings. The molecule has 10 aromatic rings. The van der Waals surface area contributed by atoms with Gasteiger partial charge < -0.3 is 9.32 Å². The fourth-order valence-electron chi connectivity index (χ4n) is 7.59. The predicted molar refractivity (Wildman–Crippen MR) is 204 cm³/mol. The van der Waals surface area contributed by atoms with E-state index in [2.05, 4.69) is 175 Å². The van der Waals surface area contributed by atoms with Gasteiger partial charge in [0.15, 0.2) is 0 Å². The van der Waals surface area contributed by atoms with E-state index in [1.165, 1.54) is 54.2 Å². The van der Waals surface area contributed by atoms with E-state index in [1.54, 1.807) is 0 Å². The van der Waals surface area contributed by atoms with Crippen molar-refractivity contribution < 1.29 is 4.42 Å². The predicted octanol–water partition coefficient (Wildman–Crippen LogP) is 13.3. The highest BCUT2D eigenvalue weighted by molar-refractivity contribution is 6.25. The second-order valence-corrected chi connectivity index (χ2v) is 12.5. The summed E-state index contributed by atoms with van der Waals surface area (Å²) in [5.41, 5.74) is 7.52. The normalized spacial score (nSPS) is 11.8. The fourth-order valence-corrected chi connectivity index (χ4v) is 7.59. The highest BCUT2D eigenvalue weighted by Crippen LogP contribution is 2.46. The van der Waals surface area contributed by atoms with Gasteiger partial charge in [-0.25, -0.2) is 0 Å². The molecule has 224 valence electrons. The van der Waals surface area contributed by atoms with Crippen molar-refractivity contribution in [3.8, 4) is 11.1 Å². The lowest BCUT2D eigenvalue weighted by Crippen LogP contribution is -2.11. The lowest BCUT2D eigenvalue weighted by molar-refractivity contribution is 0.669. The zero-order valence-corrected chi connectivity index (χ0v) is 26.1. The number of benzene rings is 9. The van der Waals surface area contributed by atoms with E-state index in [0.29, 0.717) is 0 Å². The summed E-state index contributed by atoms with van der Waals surface area (Å²) < 4.78 is 6.33. The molecule has 2 heteroatoms. The molecule has 0 aliphatic heterocycles. The maximum atomic E-state index is 6.33. The van der Waals surface area contributed by atoms with Crippen LogP contribution in [0.1, 0.15) is 0 Å². The first-order valence-corrected chi connectivity index (χ1v) is 16.4. The second kappa shape index (κ2) is 10.6.